The first-order chi connectivity index (χ1) is 8.28. The molecule has 0 radical (unpaired) electrons. The normalized spacial score (nSPS) is 11.7. The van der Waals surface area contributed by atoms with Gasteiger partial charge in [-0.2, -0.15) is 0 Å². The number of nitrogens with zero attached hydrogens (tertiary/aromatic N) is 1. The molecule has 3 nitrogen and oxygen atoms in total. The zero-order valence-electron chi connectivity index (χ0n) is 9.92. The van der Waals surface area contributed by atoms with Crippen molar-refractivity contribution in [1.82, 2.24) is 4.90 Å². The average molecular weight is 328 g/mol. The highest BCUT2D eigenvalue weighted by Crippen LogP contribution is 2.32. The summed E-state index contributed by atoms with van der Waals surface area (Å²) in [6.07, 6.45) is -4.70. The largest absolute Gasteiger partial charge is 0.573 e. The molecule has 0 aliphatic carbocycles. The molecule has 0 amide bonds. The van der Waals surface area contributed by atoms with E-state index in [1.54, 1.807) is 0 Å². The third kappa shape index (κ3) is 5.59. The zero-order valence-corrected chi connectivity index (χ0v) is 11.5. The summed E-state index contributed by atoms with van der Waals surface area (Å²) in [4.78, 5) is 1.91. The van der Waals surface area contributed by atoms with Crippen molar-refractivity contribution in [2.24, 2.45) is 0 Å². The van der Waals surface area contributed by atoms with E-state index in [0.29, 0.717) is 23.4 Å². The monoisotopic (exact) mass is 327 g/mol. The predicted molar refractivity (Wildman–Crippen MR) is 64.9 cm³/mol. The van der Waals surface area contributed by atoms with Crippen LogP contribution in [0.5, 0.6) is 11.5 Å². The standard InChI is InChI=1S/C11H13BrF3NO2/c1-16(2)5-6-17-10-7-8(3-4-9(10)12)18-11(13,14)15/h3-4,7H,5-6H2,1-2H3. The molecule has 0 saturated heterocycles. The molecule has 0 N–H and O–H groups in total. The summed E-state index contributed by atoms with van der Waals surface area (Å²) >= 11 is 3.20. The molecule has 0 unspecified atom stereocenters. The highest BCUT2D eigenvalue weighted by Gasteiger charge is 2.31. The molecule has 0 spiro atoms. The lowest BCUT2D eigenvalue weighted by atomic mass is 10.3. The maximum Gasteiger partial charge on any atom is 0.573 e. The Balaban J connectivity index is 2.69. The second-order valence-electron chi connectivity index (χ2n) is 3.79. The van der Waals surface area contributed by atoms with Gasteiger partial charge in [0, 0.05) is 12.6 Å². The minimum atomic E-state index is -4.70. The van der Waals surface area contributed by atoms with Crippen LogP contribution in [0.4, 0.5) is 13.2 Å². The van der Waals surface area contributed by atoms with Gasteiger partial charge in [0.25, 0.3) is 0 Å². The molecule has 102 valence electrons. The average Bonchev–Trinajstić information content (AvgIpc) is 2.20. The van der Waals surface area contributed by atoms with E-state index in [1.807, 2.05) is 19.0 Å². The SMILES string of the molecule is CN(C)CCOc1cc(OC(F)(F)F)ccc1Br. The lowest BCUT2D eigenvalue weighted by Crippen LogP contribution is -2.20. The van der Waals surface area contributed by atoms with Gasteiger partial charge in [0.15, 0.2) is 0 Å². The number of benzene rings is 1. The molecule has 0 fully saturated rings. The van der Waals surface area contributed by atoms with Crippen molar-refractivity contribution < 1.29 is 22.6 Å². The molecule has 0 saturated carbocycles. The lowest BCUT2D eigenvalue weighted by Gasteiger charge is -2.14. The van der Waals surface area contributed by atoms with Crippen molar-refractivity contribution in [1.29, 1.82) is 0 Å². The molecule has 0 heterocycles. The number of rotatable bonds is 5. The van der Waals surface area contributed by atoms with Crippen molar-refractivity contribution in [3.05, 3.63) is 22.7 Å². The van der Waals surface area contributed by atoms with Crippen LogP contribution in [0.1, 0.15) is 0 Å². The summed E-state index contributed by atoms with van der Waals surface area (Å²) in [6.45, 7) is 1.04. The van der Waals surface area contributed by atoms with Crippen LogP contribution in [0.15, 0.2) is 22.7 Å². The molecule has 1 rings (SSSR count). The van der Waals surface area contributed by atoms with E-state index >= 15 is 0 Å². The van der Waals surface area contributed by atoms with Gasteiger partial charge in [0.2, 0.25) is 0 Å². The van der Waals surface area contributed by atoms with Crippen LogP contribution in [-0.4, -0.2) is 38.5 Å². The second kappa shape index (κ2) is 6.29. The smallest absolute Gasteiger partial charge is 0.491 e. The summed E-state index contributed by atoms with van der Waals surface area (Å²) < 4.78 is 45.9. The van der Waals surface area contributed by atoms with Crippen LogP contribution < -0.4 is 9.47 Å². The van der Waals surface area contributed by atoms with Crippen LogP contribution >= 0.6 is 15.9 Å². The van der Waals surface area contributed by atoms with Gasteiger partial charge >= 0.3 is 6.36 Å². The molecule has 0 bridgehead atoms. The second-order valence-corrected chi connectivity index (χ2v) is 4.65. The Bertz CT molecular complexity index is 396. The zero-order chi connectivity index (χ0) is 13.8. The fraction of sp³-hybridized carbons (Fsp3) is 0.455. The summed E-state index contributed by atoms with van der Waals surface area (Å²) in [7, 11) is 3.75. The van der Waals surface area contributed by atoms with Gasteiger partial charge in [-0.15, -0.1) is 13.2 Å². The Hall–Kier alpha value is -0.950. The number of likely N-dealkylation sites (N-methyl/N-ethyl adjacent to an activating group) is 1. The number of hydrogen-bond acceptors (Lipinski definition) is 3. The molecule has 18 heavy (non-hydrogen) atoms. The minimum Gasteiger partial charge on any atom is -0.491 e. The quantitative estimate of drug-likeness (QED) is 0.828. The van der Waals surface area contributed by atoms with Gasteiger partial charge in [-0.25, -0.2) is 0 Å². The predicted octanol–water partition coefficient (Wildman–Crippen LogP) is 3.29. The summed E-state index contributed by atoms with van der Waals surface area (Å²) in [5, 5.41) is 0. The minimum absolute atomic E-state index is 0.300. The van der Waals surface area contributed by atoms with E-state index in [2.05, 4.69) is 20.7 Å². The summed E-state index contributed by atoms with van der Waals surface area (Å²) in [6, 6.07) is 3.87. The number of hydrogen-bond donors (Lipinski definition) is 0. The number of halogens is 4. The van der Waals surface area contributed by atoms with E-state index in [9.17, 15) is 13.2 Å². The molecular formula is C11H13BrF3NO2. The van der Waals surface area contributed by atoms with Crippen molar-refractivity contribution in [3.8, 4) is 11.5 Å². The third-order valence-electron chi connectivity index (χ3n) is 1.93. The molecule has 1 aromatic carbocycles. The van der Waals surface area contributed by atoms with E-state index in [1.165, 1.54) is 18.2 Å². The number of ether oxygens (including phenoxy) is 2. The summed E-state index contributed by atoms with van der Waals surface area (Å²) in [5.41, 5.74) is 0. The topological polar surface area (TPSA) is 21.7 Å². The van der Waals surface area contributed by atoms with Gasteiger partial charge in [0.05, 0.1) is 4.47 Å². The third-order valence-corrected chi connectivity index (χ3v) is 2.59. The lowest BCUT2D eigenvalue weighted by molar-refractivity contribution is -0.274. The first kappa shape index (κ1) is 15.1. The van der Waals surface area contributed by atoms with Gasteiger partial charge < -0.3 is 14.4 Å². The van der Waals surface area contributed by atoms with E-state index in [4.69, 9.17) is 4.74 Å². The van der Waals surface area contributed by atoms with Crippen molar-refractivity contribution in [2.75, 3.05) is 27.2 Å². The Kier molecular flexibility index (Phi) is 5.28. The molecule has 0 aliphatic rings. The number of alkyl halides is 3. The summed E-state index contributed by atoms with van der Waals surface area (Å²) in [5.74, 6) is 0.0177. The maximum atomic E-state index is 12.1. The van der Waals surface area contributed by atoms with Crippen molar-refractivity contribution in [2.45, 2.75) is 6.36 Å². The van der Waals surface area contributed by atoms with Crippen LogP contribution in [0.25, 0.3) is 0 Å². The Labute approximate surface area is 112 Å². The van der Waals surface area contributed by atoms with Gasteiger partial charge in [-0.05, 0) is 42.2 Å². The Morgan fingerprint density at radius 3 is 2.50 bits per heavy atom. The first-order valence-electron chi connectivity index (χ1n) is 5.11. The Morgan fingerprint density at radius 1 is 1.28 bits per heavy atom. The molecule has 0 atom stereocenters. The van der Waals surface area contributed by atoms with Crippen LogP contribution in [-0.2, 0) is 0 Å². The first-order valence-corrected chi connectivity index (χ1v) is 5.90. The van der Waals surface area contributed by atoms with E-state index in [0.717, 1.165) is 0 Å². The molecule has 1 aromatic rings. The molecule has 7 heteroatoms. The van der Waals surface area contributed by atoms with Gasteiger partial charge in [0.1, 0.15) is 18.1 Å². The molecule has 0 aromatic heterocycles. The van der Waals surface area contributed by atoms with Crippen LogP contribution in [0, 0.1) is 0 Å². The maximum absolute atomic E-state index is 12.1. The van der Waals surface area contributed by atoms with Crippen LogP contribution in [0.2, 0.25) is 0 Å². The van der Waals surface area contributed by atoms with Crippen molar-refractivity contribution >= 4 is 15.9 Å². The fourth-order valence-electron chi connectivity index (χ4n) is 1.13. The fourth-order valence-corrected chi connectivity index (χ4v) is 1.49. The highest BCUT2D eigenvalue weighted by molar-refractivity contribution is 9.10. The van der Waals surface area contributed by atoms with Crippen LogP contribution in [0.3, 0.4) is 0 Å². The highest BCUT2D eigenvalue weighted by atomic mass is 79.9. The van der Waals surface area contributed by atoms with E-state index in [-0.39, 0.29) is 5.75 Å². The van der Waals surface area contributed by atoms with Gasteiger partial charge in [-0.3, -0.25) is 0 Å². The van der Waals surface area contributed by atoms with E-state index < -0.39 is 6.36 Å². The molecular weight excluding hydrogens is 315 g/mol. The molecule has 0 aliphatic heterocycles. The van der Waals surface area contributed by atoms with Crippen molar-refractivity contribution in [3.63, 3.8) is 0 Å². The Morgan fingerprint density at radius 2 is 1.94 bits per heavy atom. The van der Waals surface area contributed by atoms with Gasteiger partial charge in [-0.1, -0.05) is 0 Å².